The van der Waals surface area contributed by atoms with Crippen molar-refractivity contribution in [3.8, 4) is 12.3 Å². The molecule has 1 aromatic carbocycles. The molecule has 0 fully saturated rings. The fraction of sp³-hybridized carbons (Fsp3) is 0.308. The zero-order valence-corrected chi connectivity index (χ0v) is 9.20. The lowest BCUT2D eigenvalue weighted by molar-refractivity contribution is 0.241. The molecule has 0 radical (unpaired) electrons. The third-order valence-corrected chi connectivity index (χ3v) is 2.10. The first-order valence-corrected chi connectivity index (χ1v) is 5.32. The summed E-state index contributed by atoms with van der Waals surface area (Å²) < 4.78 is 0. The van der Waals surface area contributed by atoms with E-state index >= 15 is 0 Å². The van der Waals surface area contributed by atoms with Gasteiger partial charge < -0.3 is 10.6 Å². The standard InChI is InChI=1S/C13H16N2O/c1-2-3-10-14-13(16)15-11-9-12-7-5-4-6-8-12/h1,4-8H,3,9-11H2,(H2,14,15,16). The summed E-state index contributed by atoms with van der Waals surface area (Å²) in [5.41, 5.74) is 1.21. The van der Waals surface area contributed by atoms with Gasteiger partial charge in [0.1, 0.15) is 0 Å². The van der Waals surface area contributed by atoms with Crippen LogP contribution in [-0.2, 0) is 6.42 Å². The van der Waals surface area contributed by atoms with Gasteiger partial charge in [0.2, 0.25) is 0 Å². The molecular formula is C13H16N2O. The number of carbonyl (C=O) groups is 1. The van der Waals surface area contributed by atoms with Crippen LogP contribution in [0, 0.1) is 12.3 Å². The Balaban J connectivity index is 2.12. The number of terminal acetylenes is 1. The first-order valence-electron chi connectivity index (χ1n) is 5.32. The molecule has 0 aliphatic carbocycles. The molecule has 84 valence electrons. The Morgan fingerprint density at radius 3 is 2.56 bits per heavy atom. The van der Waals surface area contributed by atoms with E-state index in [0.717, 1.165) is 6.42 Å². The van der Waals surface area contributed by atoms with Crippen molar-refractivity contribution in [2.45, 2.75) is 12.8 Å². The van der Waals surface area contributed by atoms with Crippen molar-refractivity contribution in [3.05, 3.63) is 35.9 Å². The summed E-state index contributed by atoms with van der Waals surface area (Å²) in [6, 6.07) is 9.87. The molecule has 0 saturated heterocycles. The van der Waals surface area contributed by atoms with Crippen molar-refractivity contribution in [3.63, 3.8) is 0 Å². The van der Waals surface area contributed by atoms with Crippen LogP contribution in [0.1, 0.15) is 12.0 Å². The van der Waals surface area contributed by atoms with Crippen molar-refractivity contribution >= 4 is 6.03 Å². The van der Waals surface area contributed by atoms with Crippen LogP contribution in [0.3, 0.4) is 0 Å². The maximum absolute atomic E-state index is 11.2. The molecule has 0 spiro atoms. The highest BCUT2D eigenvalue weighted by Crippen LogP contribution is 1.97. The van der Waals surface area contributed by atoms with Crippen LogP contribution in [0.25, 0.3) is 0 Å². The van der Waals surface area contributed by atoms with Gasteiger partial charge in [-0.3, -0.25) is 0 Å². The number of carbonyl (C=O) groups excluding carboxylic acids is 1. The topological polar surface area (TPSA) is 41.1 Å². The molecule has 3 nitrogen and oxygen atoms in total. The van der Waals surface area contributed by atoms with E-state index in [1.807, 2.05) is 30.3 Å². The van der Waals surface area contributed by atoms with Gasteiger partial charge in [-0.1, -0.05) is 30.3 Å². The summed E-state index contributed by atoms with van der Waals surface area (Å²) >= 11 is 0. The van der Waals surface area contributed by atoms with E-state index < -0.39 is 0 Å². The van der Waals surface area contributed by atoms with Crippen LogP contribution >= 0.6 is 0 Å². The Hall–Kier alpha value is -1.95. The third kappa shape index (κ3) is 5.06. The normalized spacial score (nSPS) is 9.19. The van der Waals surface area contributed by atoms with E-state index in [1.54, 1.807) is 0 Å². The first kappa shape index (κ1) is 12.1. The number of urea groups is 1. The monoisotopic (exact) mass is 216 g/mol. The highest BCUT2D eigenvalue weighted by Gasteiger charge is 1.97. The lowest BCUT2D eigenvalue weighted by Crippen LogP contribution is -2.36. The summed E-state index contributed by atoms with van der Waals surface area (Å²) in [5.74, 6) is 2.46. The van der Waals surface area contributed by atoms with Gasteiger partial charge >= 0.3 is 6.03 Å². The van der Waals surface area contributed by atoms with E-state index in [1.165, 1.54) is 5.56 Å². The average Bonchev–Trinajstić information content (AvgIpc) is 2.31. The molecule has 1 aromatic rings. The number of hydrogen-bond acceptors (Lipinski definition) is 1. The number of rotatable bonds is 5. The first-order chi connectivity index (χ1) is 7.83. The lowest BCUT2D eigenvalue weighted by atomic mass is 10.1. The van der Waals surface area contributed by atoms with Gasteiger partial charge in [-0.05, 0) is 12.0 Å². The summed E-state index contributed by atoms with van der Waals surface area (Å²) in [6.45, 7) is 1.15. The maximum atomic E-state index is 11.2. The minimum Gasteiger partial charge on any atom is -0.338 e. The molecular weight excluding hydrogens is 200 g/mol. The zero-order chi connectivity index (χ0) is 11.6. The van der Waals surface area contributed by atoms with Crippen molar-refractivity contribution in [2.24, 2.45) is 0 Å². The zero-order valence-electron chi connectivity index (χ0n) is 9.20. The number of amides is 2. The molecule has 0 heterocycles. The summed E-state index contributed by atoms with van der Waals surface area (Å²) in [6.07, 6.45) is 6.47. The lowest BCUT2D eigenvalue weighted by Gasteiger charge is -2.06. The third-order valence-electron chi connectivity index (χ3n) is 2.10. The van der Waals surface area contributed by atoms with Crippen LogP contribution in [0.4, 0.5) is 4.79 Å². The van der Waals surface area contributed by atoms with Crippen molar-refractivity contribution < 1.29 is 4.79 Å². The summed E-state index contributed by atoms with van der Waals surface area (Å²) in [5, 5.41) is 5.45. The van der Waals surface area contributed by atoms with Crippen LogP contribution in [-0.4, -0.2) is 19.1 Å². The van der Waals surface area contributed by atoms with E-state index in [2.05, 4.69) is 16.6 Å². The van der Waals surface area contributed by atoms with Crippen LogP contribution in [0.15, 0.2) is 30.3 Å². The Morgan fingerprint density at radius 2 is 1.88 bits per heavy atom. The average molecular weight is 216 g/mol. The molecule has 0 bridgehead atoms. The predicted octanol–water partition coefficient (Wildman–Crippen LogP) is 1.55. The van der Waals surface area contributed by atoms with Crippen molar-refractivity contribution in [1.29, 1.82) is 0 Å². The Bertz CT molecular complexity index is 354. The molecule has 0 aromatic heterocycles. The minimum absolute atomic E-state index is 0.161. The predicted molar refractivity (Wildman–Crippen MR) is 65.0 cm³/mol. The smallest absolute Gasteiger partial charge is 0.314 e. The largest absolute Gasteiger partial charge is 0.338 e. The second-order valence-electron chi connectivity index (χ2n) is 3.37. The van der Waals surface area contributed by atoms with Crippen LogP contribution in [0.2, 0.25) is 0 Å². The molecule has 0 aliphatic rings. The van der Waals surface area contributed by atoms with Gasteiger partial charge in [-0.25, -0.2) is 4.79 Å². The maximum Gasteiger partial charge on any atom is 0.314 e. The highest BCUT2D eigenvalue weighted by molar-refractivity contribution is 5.73. The van der Waals surface area contributed by atoms with Gasteiger partial charge in [-0.15, -0.1) is 12.3 Å². The molecule has 1 rings (SSSR count). The second kappa shape index (κ2) is 7.36. The van der Waals surface area contributed by atoms with E-state index in [-0.39, 0.29) is 6.03 Å². The number of hydrogen-bond donors (Lipinski definition) is 2. The van der Waals surface area contributed by atoms with Crippen LogP contribution < -0.4 is 10.6 Å². The van der Waals surface area contributed by atoms with Gasteiger partial charge in [0.25, 0.3) is 0 Å². The summed E-state index contributed by atoms with van der Waals surface area (Å²) in [7, 11) is 0. The molecule has 0 aliphatic heterocycles. The fourth-order valence-corrected chi connectivity index (χ4v) is 1.28. The van der Waals surface area contributed by atoms with Gasteiger partial charge in [0.05, 0.1) is 0 Å². The van der Waals surface area contributed by atoms with E-state index in [9.17, 15) is 4.79 Å². The van der Waals surface area contributed by atoms with Gasteiger partial charge in [0, 0.05) is 19.5 Å². The van der Waals surface area contributed by atoms with Crippen LogP contribution in [0.5, 0.6) is 0 Å². The van der Waals surface area contributed by atoms with Crippen molar-refractivity contribution in [1.82, 2.24) is 10.6 Å². The number of nitrogens with one attached hydrogen (secondary N) is 2. The second-order valence-corrected chi connectivity index (χ2v) is 3.37. The Labute approximate surface area is 96.2 Å². The SMILES string of the molecule is C#CCCNC(=O)NCCc1ccccc1. The molecule has 16 heavy (non-hydrogen) atoms. The fourth-order valence-electron chi connectivity index (χ4n) is 1.28. The Morgan fingerprint density at radius 1 is 1.19 bits per heavy atom. The van der Waals surface area contributed by atoms with E-state index in [4.69, 9.17) is 6.42 Å². The van der Waals surface area contributed by atoms with Gasteiger partial charge in [0.15, 0.2) is 0 Å². The quantitative estimate of drug-likeness (QED) is 0.569. The number of benzene rings is 1. The highest BCUT2D eigenvalue weighted by atomic mass is 16.2. The Kier molecular flexibility index (Phi) is 5.57. The molecule has 3 heteroatoms. The molecule has 0 saturated carbocycles. The summed E-state index contributed by atoms with van der Waals surface area (Å²) in [4.78, 5) is 11.2. The van der Waals surface area contributed by atoms with Gasteiger partial charge in [-0.2, -0.15) is 0 Å². The van der Waals surface area contributed by atoms with Crippen molar-refractivity contribution in [2.75, 3.05) is 13.1 Å². The molecule has 0 unspecified atom stereocenters. The molecule has 2 amide bonds. The molecule has 0 atom stereocenters. The van der Waals surface area contributed by atoms with E-state index in [0.29, 0.717) is 19.5 Å². The minimum atomic E-state index is -0.161. The molecule has 2 N–H and O–H groups in total.